The number of hydrogen-bond acceptors (Lipinski definition) is 3. The first-order chi connectivity index (χ1) is 14.0. The van der Waals surface area contributed by atoms with Crippen molar-refractivity contribution in [2.24, 2.45) is 10.9 Å². The molecular weight excluding hydrogens is 511 g/mol. The Kier molecular flexibility index (Phi) is 10.7. The molecule has 0 atom stereocenters. The second-order valence-electron chi connectivity index (χ2n) is 8.91. The van der Waals surface area contributed by atoms with Crippen molar-refractivity contribution in [1.29, 1.82) is 0 Å². The molecular formula is C23H38ClIN4O. The highest BCUT2D eigenvalue weighted by molar-refractivity contribution is 14.0. The van der Waals surface area contributed by atoms with E-state index in [4.69, 9.17) is 16.3 Å². The highest BCUT2D eigenvalue weighted by Gasteiger charge is 2.36. The summed E-state index contributed by atoms with van der Waals surface area (Å²) >= 11 is 6.58. The molecule has 2 aliphatic rings. The quantitative estimate of drug-likeness (QED) is 0.316. The lowest BCUT2D eigenvalue weighted by Crippen LogP contribution is -2.52. The molecule has 30 heavy (non-hydrogen) atoms. The molecule has 5 nitrogen and oxygen atoms in total. The summed E-state index contributed by atoms with van der Waals surface area (Å²) in [7, 11) is 1.86. The van der Waals surface area contributed by atoms with Gasteiger partial charge in [0, 0.05) is 62.9 Å². The molecule has 1 aromatic rings. The molecule has 0 unspecified atom stereocenters. The zero-order valence-electron chi connectivity index (χ0n) is 18.6. The zero-order chi connectivity index (χ0) is 20.7. The fourth-order valence-electron chi connectivity index (χ4n) is 4.61. The van der Waals surface area contributed by atoms with Gasteiger partial charge in [-0.05, 0) is 43.2 Å². The Morgan fingerprint density at radius 1 is 1.23 bits per heavy atom. The van der Waals surface area contributed by atoms with E-state index in [1.165, 1.54) is 12.1 Å². The molecule has 2 heterocycles. The van der Waals surface area contributed by atoms with Gasteiger partial charge in [-0.15, -0.1) is 24.0 Å². The van der Waals surface area contributed by atoms with Gasteiger partial charge in [0.05, 0.1) is 0 Å². The van der Waals surface area contributed by atoms with Gasteiger partial charge in [-0.2, -0.15) is 0 Å². The van der Waals surface area contributed by atoms with E-state index in [-0.39, 0.29) is 29.4 Å². The number of benzene rings is 1. The van der Waals surface area contributed by atoms with E-state index in [1.807, 2.05) is 19.2 Å². The van der Waals surface area contributed by atoms with Crippen molar-refractivity contribution in [2.45, 2.75) is 51.0 Å². The van der Waals surface area contributed by atoms with Crippen LogP contribution in [0.2, 0.25) is 5.02 Å². The zero-order valence-corrected chi connectivity index (χ0v) is 21.7. The maximum absolute atomic E-state index is 6.58. The number of nitrogens with zero attached hydrogens (tertiary/aromatic N) is 2. The van der Waals surface area contributed by atoms with E-state index < -0.39 is 0 Å². The van der Waals surface area contributed by atoms with Gasteiger partial charge in [0.1, 0.15) is 0 Å². The van der Waals surface area contributed by atoms with Crippen molar-refractivity contribution >= 4 is 41.5 Å². The molecule has 1 aromatic carbocycles. The first kappa shape index (κ1) is 25.7. The second-order valence-corrected chi connectivity index (χ2v) is 9.32. The van der Waals surface area contributed by atoms with Gasteiger partial charge in [0.25, 0.3) is 0 Å². The highest BCUT2D eigenvalue weighted by Crippen LogP contribution is 2.38. The Labute approximate surface area is 204 Å². The Morgan fingerprint density at radius 3 is 2.50 bits per heavy atom. The molecule has 7 heteroatoms. The maximum atomic E-state index is 6.58. The van der Waals surface area contributed by atoms with Crippen molar-refractivity contribution in [3.8, 4) is 0 Å². The van der Waals surface area contributed by atoms with Crippen LogP contribution in [0.4, 0.5) is 0 Å². The van der Waals surface area contributed by atoms with Crippen molar-refractivity contribution in [3.05, 3.63) is 34.9 Å². The van der Waals surface area contributed by atoms with Crippen LogP contribution in [0.1, 0.15) is 45.1 Å². The lowest BCUT2D eigenvalue weighted by Gasteiger charge is -2.39. The summed E-state index contributed by atoms with van der Waals surface area (Å²) < 4.78 is 5.66. The Balaban J connectivity index is 0.00000320. The number of hydrogen-bond donors (Lipinski definition) is 2. The first-order valence-corrected chi connectivity index (χ1v) is 11.4. The molecule has 2 saturated heterocycles. The Bertz CT molecular complexity index is 671. The topological polar surface area (TPSA) is 48.9 Å². The molecule has 2 aliphatic heterocycles. The third-order valence-electron chi connectivity index (χ3n) is 6.26. The van der Waals surface area contributed by atoms with Crippen molar-refractivity contribution in [3.63, 3.8) is 0 Å². The Hall–Kier alpha value is -0.570. The van der Waals surface area contributed by atoms with Crippen molar-refractivity contribution in [2.75, 3.05) is 46.4 Å². The molecule has 0 amide bonds. The van der Waals surface area contributed by atoms with Crippen LogP contribution in [0.25, 0.3) is 0 Å². The van der Waals surface area contributed by atoms with Crippen LogP contribution in [0, 0.1) is 5.92 Å². The van der Waals surface area contributed by atoms with E-state index in [2.05, 4.69) is 46.5 Å². The lowest BCUT2D eigenvalue weighted by molar-refractivity contribution is 0.0514. The Morgan fingerprint density at radius 2 is 1.90 bits per heavy atom. The van der Waals surface area contributed by atoms with E-state index in [0.29, 0.717) is 6.04 Å². The number of ether oxygens (including phenoxy) is 1. The summed E-state index contributed by atoms with van der Waals surface area (Å²) in [6, 6.07) is 8.72. The third-order valence-corrected chi connectivity index (χ3v) is 6.59. The van der Waals surface area contributed by atoms with Crippen LogP contribution < -0.4 is 10.6 Å². The predicted octanol–water partition coefficient (Wildman–Crippen LogP) is 4.29. The predicted molar refractivity (Wildman–Crippen MR) is 137 cm³/mol. The fourth-order valence-corrected chi connectivity index (χ4v) is 4.95. The number of nitrogens with one attached hydrogen (secondary N) is 2. The van der Waals surface area contributed by atoms with E-state index in [1.54, 1.807) is 0 Å². The van der Waals surface area contributed by atoms with E-state index in [9.17, 15) is 0 Å². The SMILES string of the molecule is CN=C(NCC1(c2ccccc2Cl)CCOCC1)NC1CCN(CC(C)C)CC1.I. The summed E-state index contributed by atoms with van der Waals surface area (Å²) in [5.41, 5.74) is 1.20. The van der Waals surface area contributed by atoms with Crippen LogP contribution in [0.5, 0.6) is 0 Å². The van der Waals surface area contributed by atoms with Crippen LogP contribution in [-0.2, 0) is 10.2 Å². The average Bonchev–Trinajstić information content (AvgIpc) is 2.73. The summed E-state index contributed by atoms with van der Waals surface area (Å²) in [5, 5.41) is 8.10. The standard InChI is InChI=1S/C23H37ClN4O.HI/c1-18(2)16-28-12-8-19(9-13-28)27-22(25-3)26-17-23(10-14-29-15-11-23)20-6-4-5-7-21(20)24;/h4-7,18-19H,8-17H2,1-3H3,(H2,25,26,27);1H. The van der Waals surface area contributed by atoms with Gasteiger partial charge < -0.3 is 20.3 Å². The van der Waals surface area contributed by atoms with Crippen LogP contribution in [0.3, 0.4) is 0 Å². The molecule has 0 spiro atoms. The summed E-state index contributed by atoms with van der Waals surface area (Å²) in [4.78, 5) is 7.07. The normalized spacial score (nSPS) is 20.6. The van der Waals surface area contributed by atoms with Crippen molar-refractivity contribution < 1.29 is 4.74 Å². The number of rotatable bonds is 6. The second kappa shape index (κ2) is 12.5. The first-order valence-electron chi connectivity index (χ1n) is 11.0. The van der Waals surface area contributed by atoms with E-state index >= 15 is 0 Å². The van der Waals surface area contributed by atoms with Gasteiger partial charge in [0.15, 0.2) is 5.96 Å². The average molecular weight is 549 g/mol. The summed E-state index contributed by atoms with van der Waals surface area (Å²) in [6.07, 6.45) is 4.26. The molecule has 2 N–H and O–H groups in total. The van der Waals surface area contributed by atoms with Crippen LogP contribution in [0.15, 0.2) is 29.3 Å². The number of piperidine rings is 1. The molecule has 0 radical (unpaired) electrons. The van der Waals surface area contributed by atoms with Gasteiger partial charge in [-0.1, -0.05) is 43.6 Å². The van der Waals surface area contributed by atoms with Crippen LogP contribution in [-0.4, -0.2) is 63.3 Å². The summed E-state index contributed by atoms with van der Waals surface area (Å²) in [5.74, 6) is 1.62. The minimum absolute atomic E-state index is 0. The molecule has 0 aliphatic carbocycles. The molecule has 2 fully saturated rings. The molecule has 0 aromatic heterocycles. The lowest BCUT2D eigenvalue weighted by atomic mass is 9.74. The largest absolute Gasteiger partial charge is 0.381 e. The molecule has 3 rings (SSSR count). The van der Waals surface area contributed by atoms with Gasteiger partial charge in [-0.25, -0.2) is 0 Å². The molecule has 0 saturated carbocycles. The summed E-state index contributed by atoms with van der Waals surface area (Å²) in [6.45, 7) is 10.5. The van der Waals surface area contributed by atoms with Gasteiger partial charge in [0.2, 0.25) is 0 Å². The highest BCUT2D eigenvalue weighted by atomic mass is 127. The maximum Gasteiger partial charge on any atom is 0.191 e. The van der Waals surface area contributed by atoms with Gasteiger partial charge in [-0.3, -0.25) is 4.99 Å². The molecule has 0 bridgehead atoms. The minimum atomic E-state index is -0.0190. The number of guanidine groups is 1. The van der Waals surface area contributed by atoms with Crippen LogP contribution >= 0.6 is 35.6 Å². The van der Waals surface area contributed by atoms with E-state index in [0.717, 1.165) is 75.4 Å². The molecule has 170 valence electrons. The van der Waals surface area contributed by atoms with Crippen molar-refractivity contribution in [1.82, 2.24) is 15.5 Å². The van der Waals surface area contributed by atoms with Gasteiger partial charge >= 0.3 is 0 Å². The fraction of sp³-hybridized carbons (Fsp3) is 0.696. The smallest absolute Gasteiger partial charge is 0.191 e. The third kappa shape index (κ3) is 6.97. The number of likely N-dealkylation sites (tertiary alicyclic amines) is 1. The minimum Gasteiger partial charge on any atom is -0.381 e. The number of halogens is 2. The number of aliphatic imine (C=N–C) groups is 1. The monoisotopic (exact) mass is 548 g/mol.